The van der Waals surface area contributed by atoms with E-state index in [0.29, 0.717) is 12.8 Å². The van der Waals surface area contributed by atoms with Gasteiger partial charge in [-0.1, -0.05) is 112 Å². The van der Waals surface area contributed by atoms with Crippen LogP contribution >= 0.6 is 7.82 Å². The molecule has 262 valence electrons. The van der Waals surface area contributed by atoms with Gasteiger partial charge in [-0.05, 0) is 57.8 Å². The summed E-state index contributed by atoms with van der Waals surface area (Å²) in [6, 6.07) is 0. The molecule has 46 heavy (non-hydrogen) atoms. The van der Waals surface area contributed by atoms with E-state index in [1.54, 1.807) is 0 Å². The van der Waals surface area contributed by atoms with E-state index in [1.807, 2.05) is 36.5 Å². The van der Waals surface area contributed by atoms with Crippen LogP contribution in [0, 0.1) is 0 Å². The van der Waals surface area contributed by atoms with Crippen LogP contribution in [0.15, 0.2) is 72.9 Å². The summed E-state index contributed by atoms with van der Waals surface area (Å²) in [6.07, 6.45) is 36.6. The Labute approximate surface area is 278 Å². The van der Waals surface area contributed by atoms with Crippen molar-refractivity contribution in [3.05, 3.63) is 72.9 Å². The maximum atomic E-state index is 12.5. The van der Waals surface area contributed by atoms with Crippen LogP contribution in [0.3, 0.4) is 0 Å². The van der Waals surface area contributed by atoms with Gasteiger partial charge in [0.15, 0.2) is 6.10 Å². The first kappa shape index (κ1) is 43.5. The molecule has 0 rings (SSSR count). The lowest BCUT2D eigenvalue weighted by Crippen LogP contribution is -2.29. The van der Waals surface area contributed by atoms with Crippen molar-refractivity contribution in [2.45, 2.75) is 116 Å². The Kier molecular flexibility index (Phi) is 30.6. The maximum Gasteiger partial charge on any atom is 0.472 e. The fourth-order valence-electron chi connectivity index (χ4n) is 3.97. The quantitative estimate of drug-likeness (QED) is 0.0254. The molecule has 0 spiro atoms. The van der Waals surface area contributed by atoms with E-state index in [0.717, 1.165) is 70.6 Å². The average molecular weight is 666 g/mol. The summed E-state index contributed by atoms with van der Waals surface area (Å²) in [6.45, 7) is 3.36. The number of nitrogens with two attached hydrogens (primary N) is 1. The van der Waals surface area contributed by atoms with E-state index in [9.17, 15) is 19.0 Å². The summed E-state index contributed by atoms with van der Waals surface area (Å²) in [5.74, 6) is -0.905. The third-order valence-electron chi connectivity index (χ3n) is 6.43. The van der Waals surface area contributed by atoms with Crippen molar-refractivity contribution >= 4 is 19.8 Å². The third kappa shape index (κ3) is 31.4. The van der Waals surface area contributed by atoms with Gasteiger partial charge in [0.2, 0.25) is 0 Å². The van der Waals surface area contributed by atoms with Crippen molar-refractivity contribution < 1.29 is 37.6 Å². The highest BCUT2D eigenvalue weighted by atomic mass is 31.2. The molecule has 0 aliphatic heterocycles. The lowest BCUT2D eigenvalue weighted by atomic mass is 10.1. The van der Waals surface area contributed by atoms with Gasteiger partial charge in [0.1, 0.15) is 6.61 Å². The molecule has 0 bridgehead atoms. The number of unbranched alkanes of at least 4 members (excludes halogenated alkanes) is 8. The van der Waals surface area contributed by atoms with Crippen molar-refractivity contribution in [3.63, 3.8) is 0 Å². The molecule has 0 aliphatic rings. The SMILES string of the molecule is CC/C=C/C=C/C=C/C=C/CCCCCC(=O)OC(COC(=O)CCCCCCC/C=C/C/C=C/CC)COP(=O)(O)OCCN. The summed E-state index contributed by atoms with van der Waals surface area (Å²) < 4.78 is 32.5. The molecule has 0 saturated heterocycles. The molecule has 0 aliphatic carbocycles. The molecule has 3 N–H and O–H groups in total. The number of allylic oxidation sites excluding steroid dienone is 12. The zero-order valence-corrected chi connectivity index (χ0v) is 29.2. The first-order valence-electron chi connectivity index (χ1n) is 17.0. The zero-order chi connectivity index (χ0) is 34.0. The number of phosphoric acid groups is 1. The van der Waals surface area contributed by atoms with Gasteiger partial charge in [-0.25, -0.2) is 4.57 Å². The van der Waals surface area contributed by atoms with Crippen LogP contribution in [0.4, 0.5) is 0 Å². The summed E-state index contributed by atoms with van der Waals surface area (Å²) in [5, 5.41) is 0. The van der Waals surface area contributed by atoms with Crippen LogP contribution in [-0.4, -0.2) is 49.3 Å². The number of ether oxygens (including phenoxy) is 2. The summed E-state index contributed by atoms with van der Waals surface area (Å²) in [5.41, 5.74) is 5.31. The fourth-order valence-corrected chi connectivity index (χ4v) is 4.74. The van der Waals surface area contributed by atoms with Gasteiger partial charge in [0.05, 0.1) is 13.2 Å². The van der Waals surface area contributed by atoms with Crippen molar-refractivity contribution in [2.24, 2.45) is 5.73 Å². The highest BCUT2D eigenvalue weighted by Crippen LogP contribution is 2.43. The topological polar surface area (TPSA) is 134 Å². The zero-order valence-electron chi connectivity index (χ0n) is 28.3. The molecule has 0 radical (unpaired) electrons. The minimum absolute atomic E-state index is 0.0404. The highest BCUT2D eigenvalue weighted by molar-refractivity contribution is 7.47. The van der Waals surface area contributed by atoms with Crippen LogP contribution in [0.1, 0.15) is 110 Å². The molecule has 0 saturated carbocycles. The van der Waals surface area contributed by atoms with Crippen LogP contribution < -0.4 is 5.73 Å². The fraction of sp³-hybridized carbons (Fsp3) is 0.611. The van der Waals surface area contributed by atoms with Crippen LogP contribution in [0.5, 0.6) is 0 Å². The number of hydrogen-bond donors (Lipinski definition) is 2. The number of carbonyl (C=O) groups is 2. The van der Waals surface area contributed by atoms with Gasteiger partial charge in [-0.3, -0.25) is 18.6 Å². The molecule has 0 aromatic rings. The van der Waals surface area contributed by atoms with Crippen molar-refractivity contribution in [1.29, 1.82) is 0 Å². The Hall–Kier alpha value is -2.55. The molecule has 2 atom stereocenters. The Morgan fingerprint density at radius 1 is 0.674 bits per heavy atom. The van der Waals surface area contributed by atoms with E-state index < -0.39 is 32.5 Å². The van der Waals surface area contributed by atoms with Crippen molar-refractivity contribution in [2.75, 3.05) is 26.4 Å². The van der Waals surface area contributed by atoms with Crippen molar-refractivity contribution in [1.82, 2.24) is 0 Å². The predicted molar refractivity (Wildman–Crippen MR) is 187 cm³/mol. The standard InChI is InChI=1S/C36H60NO8P/c1-3-5-7-9-11-13-15-17-19-21-23-25-27-29-36(39)45-34(33-44-46(40,41)43-31-30-37)32-42-35(38)28-26-24-22-20-18-16-14-12-10-8-6-4-2/h5-9,11-15,17,19,34H,3-4,10,16,18,20-33,37H2,1-2H3,(H,40,41)/b7-5+,8-6+,11-9+,14-12+,15-13+,19-17+. The normalized spacial score (nSPS) is 14.4. The summed E-state index contributed by atoms with van der Waals surface area (Å²) >= 11 is 0. The van der Waals surface area contributed by atoms with Gasteiger partial charge >= 0.3 is 19.8 Å². The second-order valence-electron chi connectivity index (χ2n) is 10.7. The van der Waals surface area contributed by atoms with E-state index >= 15 is 0 Å². The number of esters is 2. The Bertz CT molecular complexity index is 986. The van der Waals surface area contributed by atoms with E-state index in [2.05, 4.69) is 50.3 Å². The molecular weight excluding hydrogens is 605 g/mol. The van der Waals surface area contributed by atoms with Gasteiger partial charge in [-0.2, -0.15) is 0 Å². The first-order valence-corrected chi connectivity index (χ1v) is 18.5. The van der Waals surface area contributed by atoms with Crippen LogP contribution in [0.25, 0.3) is 0 Å². The molecule has 0 amide bonds. The Balaban J connectivity index is 4.41. The average Bonchev–Trinajstić information content (AvgIpc) is 3.04. The number of hydrogen-bond acceptors (Lipinski definition) is 8. The highest BCUT2D eigenvalue weighted by Gasteiger charge is 2.25. The molecule has 0 fully saturated rings. The molecule has 2 unspecified atom stereocenters. The molecule has 9 nitrogen and oxygen atoms in total. The van der Waals surface area contributed by atoms with Crippen LogP contribution in [0.2, 0.25) is 0 Å². The van der Waals surface area contributed by atoms with Crippen molar-refractivity contribution in [3.8, 4) is 0 Å². The number of phosphoric ester groups is 1. The van der Waals surface area contributed by atoms with Gasteiger partial charge in [0, 0.05) is 19.4 Å². The maximum absolute atomic E-state index is 12.5. The minimum atomic E-state index is -4.38. The molecule has 0 aromatic heterocycles. The van der Waals surface area contributed by atoms with Crippen LogP contribution in [-0.2, 0) is 32.7 Å². The smallest absolute Gasteiger partial charge is 0.462 e. The van der Waals surface area contributed by atoms with Gasteiger partial charge in [-0.15, -0.1) is 0 Å². The van der Waals surface area contributed by atoms with E-state index in [-0.39, 0.29) is 32.6 Å². The second-order valence-corrected chi connectivity index (χ2v) is 12.2. The third-order valence-corrected chi connectivity index (χ3v) is 7.42. The summed E-state index contributed by atoms with van der Waals surface area (Å²) in [7, 11) is -4.38. The molecule has 0 aromatic carbocycles. The van der Waals surface area contributed by atoms with Gasteiger partial charge < -0.3 is 20.1 Å². The molecular formula is C36H60NO8P. The largest absolute Gasteiger partial charge is 0.472 e. The number of carbonyl (C=O) groups excluding carboxylic acids is 2. The summed E-state index contributed by atoms with van der Waals surface area (Å²) in [4.78, 5) is 34.5. The molecule has 0 heterocycles. The Morgan fingerprint density at radius 2 is 1.24 bits per heavy atom. The van der Waals surface area contributed by atoms with E-state index in [4.69, 9.17) is 24.3 Å². The Morgan fingerprint density at radius 3 is 1.93 bits per heavy atom. The van der Waals surface area contributed by atoms with E-state index in [1.165, 1.54) is 0 Å². The minimum Gasteiger partial charge on any atom is -0.462 e. The molecule has 10 heteroatoms. The second kappa shape index (κ2) is 32.4. The predicted octanol–water partition coefficient (Wildman–Crippen LogP) is 8.76. The first-order chi connectivity index (χ1) is 22.3. The van der Waals surface area contributed by atoms with Gasteiger partial charge in [0.25, 0.3) is 0 Å². The number of rotatable bonds is 30. The lowest BCUT2D eigenvalue weighted by Gasteiger charge is -2.19. The lowest BCUT2D eigenvalue weighted by molar-refractivity contribution is -0.161. The monoisotopic (exact) mass is 665 g/mol.